The lowest BCUT2D eigenvalue weighted by Crippen LogP contribution is -2.62. The van der Waals surface area contributed by atoms with Gasteiger partial charge >= 0.3 is 12.0 Å². The maximum atomic E-state index is 14.6. The second-order valence-corrected chi connectivity index (χ2v) is 19.3. The van der Waals surface area contributed by atoms with Gasteiger partial charge in [-0.2, -0.15) is 54.0 Å². The fourth-order valence-electron chi connectivity index (χ4n) is 9.08. The third-order valence-electron chi connectivity index (χ3n) is 12.6. The molecule has 1 aromatic carbocycles. The summed E-state index contributed by atoms with van der Waals surface area (Å²) in [5, 5.41) is 8.16. The monoisotopic (exact) mass is 1040 g/mol. The van der Waals surface area contributed by atoms with Crippen LogP contribution in [0.2, 0.25) is 0 Å². The second-order valence-electron chi connectivity index (χ2n) is 18.4. The Kier molecular flexibility index (Phi) is 22.0. The molecule has 0 spiro atoms. The Labute approximate surface area is 438 Å². The highest BCUT2D eigenvalue weighted by Gasteiger charge is 2.38. The van der Waals surface area contributed by atoms with Crippen molar-refractivity contribution < 1.29 is 28.7 Å². The van der Waals surface area contributed by atoms with Crippen molar-refractivity contribution in [3.05, 3.63) is 88.3 Å². The number of aromatic nitrogens is 4. The summed E-state index contributed by atoms with van der Waals surface area (Å²) in [4.78, 5) is 73.7. The molecule has 1 saturated heterocycles. The summed E-state index contributed by atoms with van der Waals surface area (Å²) in [6.07, 6.45) is 7.31. The van der Waals surface area contributed by atoms with Crippen molar-refractivity contribution in [2.45, 2.75) is 104 Å². The summed E-state index contributed by atoms with van der Waals surface area (Å²) >= 11 is 1.42. The average molecular weight is 1040 g/mol. The first-order chi connectivity index (χ1) is 31.1. The molecule has 0 radical (unpaired) electrons. The predicted octanol–water partition coefficient (Wildman–Crippen LogP) is 7.30. The first kappa shape index (κ1) is 59.0. The van der Waals surface area contributed by atoms with Crippen molar-refractivity contribution in [3.8, 4) is 22.5 Å². The normalized spacial score (nSPS) is 17.7. The highest BCUT2D eigenvalue weighted by molar-refractivity contribution is 7.59. The molecule has 4 amide bonds. The number of ether oxygens (including phenoxy) is 2. The third kappa shape index (κ3) is 13.4. The number of aryl methyl sites for hydroxylation is 1. The molecule has 2 aliphatic heterocycles. The number of rotatable bonds is 11. The van der Waals surface area contributed by atoms with Gasteiger partial charge in [0.2, 0.25) is 5.91 Å². The van der Waals surface area contributed by atoms with Crippen molar-refractivity contribution in [1.82, 2.24) is 45.1 Å². The molecule has 2 aliphatic rings. The molecule has 6 heterocycles. The van der Waals surface area contributed by atoms with E-state index in [4.69, 9.17) is 19.4 Å². The molecule has 0 unspecified atom stereocenters. The predicted molar refractivity (Wildman–Crippen MR) is 293 cm³/mol. The van der Waals surface area contributed by atoms with E-state index in [2.05, 4.69) is 65.3 Å². The minimum atomic E-state index is -1.06. The van der Waals surface area contributed by atoms with Crippen LogP contribution >= 0.6 is 65.3 Å². The van der Waals surface area contributed by atoms with E-state index < -0.39 is 41.3 Å². The lowest BCUT2D eigenvalue weighted by atomic mass is 9.84. The van der Waals surface area contributed by atoms with E-state index >= 15 is 0 Å². The Balaban J connectivity index is 0.00000315. The van der Waals surface area contributed by atoms with E-state index in [1.54, 1.807) is 44.7 Å². The number of nitrogens with one attached hydrogen (secondary N) is 2. The van der Waals surface area contributed by atoms with Crippen molar-refractivity contribution in [2.24, 2.45) is 11.3 Å². The minimum Gasteiger partial charge on any atom is -0.464 e. The van der Waals surface area contributed by atoms with Gasteiger partial charge in [0.25, 0.3) is 5.91 Å². The zero-order chi connectivity index (χ0) is 46.6. The molecule has 6 bridgehead atoms. The van der Waals surface area contributed by atoms with E-state index in [9.17, 15) is 19.2 Å². The largest absolute Gasteiger partial charge is 0.464 e. The Morgan fingerprint density at radius 3 is 2.45 bits per heavy atom. The highest BCUT2D eigenvalue weighted by Crippen LogP contribution is 2.42. The molecule has 5 aromatic rings. The minimum absolute atomic E-state index is 0. The molecule has 1 fully saturated rings. The first-order valence-electron chi connectivity index (χ1n) is 22.6. The molecule has 20 heteroatoms. The molecular weight excluding hydrogens is 971 g/mol. The molecule has 7 rings (SSSR count). The Bertz CT molecular complexity index is 2520. The summed E-state index contributed by atoms with van der Waals surface area (Å²) in [6, 6.07) is 11.2. The molecular formula is C49H71N9O6S5. The fourth-order valence-corrected chi connectivity index (χ4v) is 9.93. The number of thiazole rings is 1. The molecule has 4 atom stereocenters. The van der Waals surface area contributed by atoms with Gasteiger partial charge in [-0.15, -0.1) is 11.3 Å². The smallest absolute Gasteiger partial charge is 0.324 e. The summed E-state index contributed by atoms with van der Waals surface area (Å²) in [5.41, 5.74) is 10.4. The quantitative estimate of drug-likeness (QED) is 0.128. The molecule has 0 aliphatic carbocycles. The number of benzene rings is 1. The Morgan fingerprint density at radius 1 is 1.04 bits per heavy atom. The highest BCUT2D eigenvalue weighted by atomic mass is 32.1. The van der Waals surface area contributed by atoms with E-state index in [-0.39, 0.29) is 85.1 Å². The number of urea groups is 1. The number of hydrogen-bond donors (Lipinski definition) is 2. The van der Waals surface area contributed by atoms with Gasteiger partial charge < -0.3 is 29.2 Å². The van der Waals surface area contributed by atoms with Crippen LogP contribution in [0.4, 0.5) is 4.79 Å². The number of likely N-dealkylation sites (N-methyl/N-ethyl adjacent to an activating group) is 2. The number of pyridine rings is 2. The van der Waals surface area contributed by atoms with Crippen LogP contribution in [-0.4, -0.2) is 117 Å². The second kappa shape index (κ2) is 25.7. The topological polar surface area (TPSA) is 164 Å². The van der Waals surface area contributed by atoms with Gasteiger partial charge in [0.15, 0.2) is 0 Å². The number of fused-ring (bicyclic) bond motifs is 6. The van der Waals surface area contributed by atoms with Gasteiger partial charge in [-0.05, 0) is 93.0 Å². The number of amides is 4. The van der Waals surface area contributed by atoms with Crippen LogP contribution in [0.1, 0.15) is 82.3 Å². The zero-order valence-corrected chi connectivity index (χ0v) is 45.9. The number of cyclic esters (lactones) is 1. The summed E-state index contributed by atoms with van der Waals surface area (Å²) in [5.74, 6) is -1.60. The lowest BCUT2D eigenvalue weighted by molar-refractivity contribution is -0.155. The number of esters is 1. The van der Waals surface area contributed by atoms with Gasteiger partial charge in [-0.25, -0.2) is 15.2 Å². The van der Waals surface area contributed by atoms with Crippen molar-refractivity contribution in [1.29, 1.82) is 0 Å². The molecule has 69 heavy (non-hydrogen) atoms. The number of hydrogen-bond acceptors (Lipinski definition) is 11. The van der Waals surface area contributed by atoms with Gasteiger partial charge in [-0.1, -0.05) is 33.8 Å². The van der Waals surface area contributed by atoms with Gasteiger partial charge in [0, 0.05) is 98.7 Å². The number of methoxy groups -OCH3 is 1. The van der Waals surface area contributed by atoms with Crippen molar-refractivity contribution >= 4 is 100 Å². The zero-order valence-electron chi connectivity index (χ0n) is 41.1. The fraction of sp³-hybridized carbons (Fsp3) is 0.490. The van der Waals surface area contributed by atoms with Crippen LogP contribution in [0.5, 0.6) is 0 Å². The number of carbonyl (C=O) groups is 4. The van der Waals surface area contributed by atoms with Crippen LogP contribution < -0.4 is 10.7 Å². The molecule has 15 nitrogen and oxygen atoms in total. The van der Waals surface area contributed by atoms with E-state index in [0.717, 1.165) is 50.2 Å². The van der Waals surface area contributed by atoms with Crippen LogP contribution in [0, 0.1) is 11.3 Å². The summed E-state index contributed by atoms with van der Waals surface area (Å²) < 4.78 is 14.2. The van der Waals surface area contributed by atoms with Crippen LogP contribution in [-0.2, 0) is 49.7 Å². The molecule has 0 saturated carbocycles. The van der Waals surface area contributed by atoms with Gasteiger partial charge in [-0.3, -0.25) is 29.4 Å². The molecule has 2 N–H and O–H groups in total. The van der Waals surface area contributed by atoms with Crippen LogP contribution in [0.25, 0.3) is 33.4 Å². The van der Waals surface area contributed by atoms with E-state index in [1.807, 2.05) is 44.4 Å². The van der Waals surface area contributed by atoms with Gasteiger partial charge in [0.1, 0.15) is 18.1 Å². The molecule has 4 aromatic heterocycles. The summed E-state index contributed by atoms with van der Waals surface area (Å²) in [7, 11) is 5.02. The van der Waals surface area contributed by atoms with Crippen molar-refractivity contribution in [2.75, 3.05) is 40.9 Å². The SMILES string of the molecule is CCn1c(-c2cccnc2[C@H](C)OC)c2c3cc(ccc31)-c1csc(n1)C[C@H](NC(=O)[C@H](C(C)C)N(C)C(=O)N(C)CCc1ccncc1)C(=O)N1CCC[C@H](N1)C(=O)OCC(C)(C)C2.S.S.S.S. The third-order valence-corrected chi connectivity index (χ3v) is 13.5. The Morgan fingerprint density at radius 2 is 1.77 bits per heavy atom. The first-order valence-corrected chi connectivity index (χ1v) is 23.5. The lowest BCUT2D eigenvalue weighted by Gasteiger charge is -2.37. The average Bonchev–Trinajstić information content (AvgIpc) is 3.90. The number of carbonyl (C=O) groups excluding carboxylic acids is 4. The molecule has 378 valence electrons. The summed E-state index contributed by atoms with van der Waals surface area (Å²) in [6.45, 7) is 13.7. The maximum absolute atomic E-state index is 14.6. The Hall–Kier alpha value is -4.31. The van der Waals surface area contributed by atoms with Crippen LogP contribution in [0.3, 0.4) is 0 Å². The van der Waals surface area contributed by atoms with Crippen molar-refractivity contribution in [3.63, 3.8) is 0 Å². The number of hydrazine groups is 1. The van der Waals surface area contributed by atoms with E-state index in [1.165, 1.54) is 21.2 Å². The van der Waals surface area contributed by atoms with E-state index in [0.29, 0.717) is 50.3 Å². The number of nitrogens with zero attached hydrogens (tertiary/aromatic N) is 7. The van der Waals surface area contributed by atoms with Crippen LogP contribution in [0.15, 0.2) is 66.4 Å². The standard InChI is InChI=1S/C49H63N9O6S.4H2S/c1-10-57-40-16-15-33-25-35(40)36(44(57)34-13-11-20-51-42(34)31(4)63-9)27-49(5,6)29-64-47(61)37-14-12-23-58(54-37)46(60)38(26-41-52-39(33)28-65-41)53-45(59)43(30(2)3)56(8)48(62)55(7)24-19-32-17-21-50-22-18-32;;;;/h11,13,15-18,20-22,25,28,30-31,37-38,43,54H,10,12,14,19,23-24,26-27,29H2,1-9H3,(H,53,59);4*1H2/t31-,37-,38-,43-;;;;/m0..../s1. The maximum Gasteiger partial charge on any atom is 0.324 e. The van der Waals surface area contributed by atoms with Gasteiger partial charge in [0.05, 0.1) is 34.8 Å².